The van der Waals surface area contributed by atoms with Crippen LogP contribution in [0.1, 0.15) is 42.5 Å². The average Bonchev–Trinajstić information content (AvgIpc) is 2.75. The van der Waals surface area contributed by atoms with Gasteiger partial charge in [0.25, 0.3) is 0 Å². The predicted molar refractivity (Wildman–Crippen MR) is 74.2 cm³/mol. The second-order valence-electron chi connectivity index (χ2n) is 6.60. The van der Waals surface area contributed by atoms with Gasteiger partial charge in [-0.1, -0.05) is 31.5 Å². The van der Waals surface area contributed by atoms with Gasteiger partial charge in [0.2, 0.25) is 0 Å². The lowest BCUT2D eigenvalue weighted by atomic mass is 9.85. The Balaban J connectivity index is 2.32. The van der Waals surface area contributed by atoms with E-state index < -0.39 is 0 Å². The molecule has 0 aromatic heterocycles. The van der Waals surface area contributed by atoms with Crippen LogP contribution in [0.4, 0.5) is 0 Å². The fourth-order valence-electron chi connectivity index (χ4n) is 3.35. The summed E-state index contributed by atoms with van der Waals surface area (Å²) in [6.45, 7) is 12.1. The van der Waals surface area contributed by atoms with Gasteiger partial charge < -0.3 is 5.73 Å². The minimum Gasteiger partial charge on any atom is -0.330 e. The van der Waals surface area contributed by atoms with Crippen molar-refractivity contribution in [3.63, 3.8) is 0 Å². The summed E-state index contributed by atoms with van der Waals surface area (Å²) in [5.41, 5.74) is 12.5. The monoisotopic (exact) mass is 231 g/mol. The molecule has 1 unspecified atom stereocenters. The minimum atomic E-state index is 0.345. The van der Waals surface area contributed by atoms with Crippen LogP contribution in [0.3, 0.4) is 0 Å². The van der Waals surface area contributed by atoms with Crippen molar-refractivity contribution in [2.45, 2.75) is 47.5 Å². The quantitative estimate of drug-likeness (QED) is 0.846. The molecule has 0 bridgehead atoms. The molecule has 1 aromatic rings. The van der Waals surface area contributed by atoms with Crippen molar-refractivity contribution in [1.82, 2.24) is 0 Å². The van der Waals surface area contributed by atoms with Crippen LogP contribution < -0.4 is 5.73 Å². The van der Waals surface area contributed by atoms with Crippen molar-refractivity contribution < 1.29 is 0 Å². The van der Waals surface area contributed by atoms with Gasteiger partial charge in [0.1, 0.15) is 0 Å². The zero-order chi connectivity index (χ0) is 12.8. The summed E-state index contributed by atoms with van der Waals surface area (Å²) in [5.74, 6) is 0. The Morgan fingerprint density at radius 2 is 1.59 bits per heavy atom. The van der Waals surface area contributed by atoms with Gasteiger partial charge in [-0.25, -0.2) is 0 Å². The van der Waals surface area contributed by atoms with Crippen molar-refractivity contribution in [2.24, 2.45) is 16.6 Å². The maximum atomic E-state index is 6.02. The molecule has 1 aliphatic rings. The largest absolute Gasteiger partial charge is 0.330 e. The first kappa shape index (κ1) is 12.6. The molecule has 17 heavy (non-hydrogen) atoms. The molecule has 2 N–H and O–H groups in total. The summed E-state index contributed by atoms with van der Waals surface area (Å²) in [6.07, 6.45) is 2.41. The number of hydrogen-bond acceptors (Lipinski definition) is 1. The van der Waals surface area contributed by atoms with Crippen LogP contribution in [0.15, 0.2) is 12.1 Å². The fraction of sp³-hybridized carbons (Fsp3) is 0.625. The van der Waals surface area contributed by atoms with Crippen LogP contribution in [-0.2, 0) is 6.42 Å². The van der Waals surface area contributed by atoms with Crippen LogP contribution in [0, 0.1) is 31.6 Å². The van der Waals surface area contributed by atoms with Gasteiger partial charge in [-0.2, -0.15) is 0 Å². The van der Waals surface area contributed by atoms with E-state index in [1.807, 2.05) is 0 Å². The van der Waals surface area contributed by atoms with Crippen LogP contribution >= 0.6 is 0 Å². The number of aryl methyl sites for hydroxylation is 3. The number of benzene rings is 1. The lowest BCUT2D eigenvalue weighted by Crippen LogP contribution is -2.24. The standard InChI is InChI=1S/C16H25N/c1-11-6-12(2)14(13(3)7-11)8-16(10-17)9-15(16,4)5/h6-7H,8-10,17H2,1-5H3. The van der Waals surface area contributed by atoms with E-state index in [-0.39, 0.29) is 0 Å². The zero-order valence-electron chi connectivity index (χ0n) is 11.9. The van der Waals surface area contributed by atoms with E-state index in [0.717, 1.165) is 13.0 Å². The molecule has 0 saturated heterocycles. The van der Waals surface area contributed by atoms with Gasteiger partial charge in [0.05, 0.1) is 0 Å². The number of nitrogens with two attached hydrogens (primary N) is 1. The summed E-state index contributed by atoms with van der Waals surface area (Å²) in [6, 6.07) is 4.59. The molecule has 1 heteroatoms. The molecule has 1 aliphatic carbocycles. The normalized spacial score (nSPS) is 26.0. The molecular formula is C16H25N. The van der Waals surface area contributed by atoms with Gasteiger partial charge in [-0.3, -0.25) is 0 Å². The van der Waals surface area contributed by atoms with E-state index in [1.54, 1.807) is 0 Å². The second-order valence-corrected chi connectivity index (χ2v) is 6.60. The van der Waals surface area contributed by atoms with Crippen LogP contribution in [-0.4, -0.2) is 6.54 Å². The van der Waals surface area contributed by atoms with E-state index in [2.05, 4.69) is 46.8 Å². The third-order valence-electron chi connectivity index (χ3n) is 4.84. The predicted octanol–water partition coefficient (Wildman–Crippen LogP) is 3.53. The Labute approximate surface area is 105 Å². The van der Waals surface area contributed by atoms with Gasteiger partial charge >= 0.3 is 0 Å². The highest BCUT2D eigenvalue weighted by Crippen LogP contribution is 2.64. The molecule has 1 aromatic carbocycles. The SMILES string of the molecule is Cc1cc(C)c(CC2(CN)CC2(C)C)c(C)c1. The third-order valence-corrected chi connectivity index (χ3v) is 4.84. The highest BCUT2D eigenvalue weighted by molar-refractivity contribution is 5.39. The zero-order valence-corrected chi connectivity index (χ0v) is 11.9. The summed E-state index contributed by atoms with van der Waals surface area (Å²) >= 11 is 0. The van der Waals surface area contributed by atoms with Gasteiger partial charge in [-0.05, 0) is 67.7 Å². The molecule has 0 heterocycles. The number of rotatable bonds is 3. The lowest BCUT2D eigenvalue weighted by molar-refractivity contribution is 0.388. The van der Waals surface area contributed by atoms with E-state index >= 15 is 0 Å². The highest BCUT2D eigenvalue weighted by atomic mass is 14.7. The molecule has 1 saturated carbocycles. The molecule has 0 radical (unpaired) electrons. The fourth-order valence-corrected chi connectivity index (χ4v) is 3.35. The van der Waals surface area contributed by atoms with Gasteiger partial charge in [0, 0.05) is 0 Å². The van der Waals surface area contributed by atoms with Crippen molar-refractivity contribution >= 4 is 0 Å². The minimum absolute atomic E-state index is 0.345. The molecule has 1 nitrogen and oxygen atoms in total. The Hall–Kier alpha value is -0.820. The second kappa shape index (κ2) is 3.84. The Bertz CT molecular complexity index is 422. The van der Waals surface area contributed by atoms with Crippen molar-refractivity contribution in [1.29, 1.82) is 0 Å². The lowest BCUT2D eigenvalue weighted by Gasteiger charge is -2.21. The summed E-state index contributed by atoms with van der Waals surface area (Å²) in [4.78, 5) is 0. The van der Waals surface area contributed by atoms with Crippen molar-refractivity contribution in [3.05, 3.63) is 34.4 Å². The first-order valence-corrected chi connectivity index (χ1v) is 6.58. The molecule has 0 amide bonds. The molecular weight excluding hydrogens is 206 g/mol. The third kappa shape index (κ3) is 2.01. The van der Waals surface area contributed by atoms with Crippen molar-refractivity contribution in [2.75, 3.05) is 6.54 Å². The Kier molecular flexibility index (Phi) is 2.86. The topological polar surface area (TPSA) is 26.0 Å². The number of hydrogen-bond donors (Lipinski definition) is 1. The van der Waals surface area contributed by atoms with Crippen molar-refractivity contribution in [3.8, 4) is 0 Å². The maximum Gasteiger partial charge on any atom is -0.00120 e. The van der Waals surface area contributed by atoms with E-state index in [9.17, 15) is 0 Å². The average molecular weight is 231 g/mol. The van der Waals surface area contributed by atoms with Gasteiger partial charge in [0.15, 0.2) is 0 Å². The van der Waals surface area contributed by atoms with E-state index in [1.165, 1.54) is 28.7 Å². The molecule has 2 rings (SSSR count). The first-order valence-electron chi connectivity index (χ1n) is 6.58. The van der Waals surface area contributed by atoms with Crippen LogP contribution in [0.2, 0.25) is 0 Å². The smallest absolute Gasteiger partial charge is 0.00120 e. The van der Waals surface area contributed by atoms with Crippen LogP contribution in [0.25, 0.3) is 0 Å². The summed E-state index contributed by atoms with van der Waals surface area (Å²) in [5, 5.41) is 0. The van der Waals surface area contributed by atoms with E-state index in [4.69, 9.17) is 5.73 Å². The van der Waals surface area contributed by atoms with Gasteiger partial charge in [-0.15, -0.1) is 0 Å². The maximum absolute atomic E-state index is 6.02. The molecule has 0 aliphatic heterocycles. The first-order chi connectivity index (χ1) is 7.81. The molecule has 94 valence electrons. The molecule has 1 fully saturated rings. The van der Waals surface area contributed by atoms with Crippen LogP contribution in [0.5, 0.6) is 0 Å². The summed E-state index contributed by atoms with van der Waals surface area (Å²) in [7, 11) is 0. The Morgan fingerprint density at radius 1 is 1.12 bits per heavy atom. The molecule has 0 spiro atoms. The Morgan fingerprint density at radius 3 is 1.94 bits per heavy atom. The highest BCUT2D eigenvalue weighted by Gasteiger charge is 2.59. The molecule has 1 atom stereocenters. The van der Waals surface area contributed by atoms with E-state index in [0.29, 0.717) is 10.8 Å². The summed E-state index contributed by atoms with van der Waals surface area (Å²) < 4.78 is 0.